The number of carbonyl (C=O) groups is 1. The first-order valence-corrected chi connectivity index (χ1v) is 13.1. The van der Waals surface area contributed by atoms with Gasteiger partial charge in [-0.05, 0) is 31.2 Å². The third-order valence-electron chi connectivity index (χ3n) is 5.37. The monoisotopic (exact) mass is 570 g/mol. The van der Waals surface area contributed by atoms with Crippen molar-refractivity contribution in [2.75, 3.05) is 12.4 Å². The van der Waals surface area contributed by atoms with E-state index in [0.717, 1.165) is 11.4 Å². The third-order valence-corrected chi connectivity index (χ3v) is 7.22. The van der Waals surface area contributed by atoms with Crippen LogP contribution in [0.5, 0.6) is 11.5 Å². The number of hydrazone groups is 1. The molecule has 9 nitrogen and oxygen atoms in total. The van der Waals surface area contributed by atoms with Crippen LogP contribution in [0.1, 0.15) is 18.3 Å². The molecule has 4 aromatic rings. The number of rotatable bonds is 10. The zero-order chi connectivity index (χ0) is 27.1. The maximum Gasteiger partial charge on any atom is 0.253 e. The highest BCUT2D eigenvalue weighted by molar-refractivity contribution is 8.00. The van der Waals surface area contributed by atoms with Crippen LogP contribution in [0.15, 0.2) is 77.0 Å². The Morgan fingerprint density at radius 3 is 2.53 bits per heavy atom. The minimum Gasteiger partial charge on any atom is -0.504 e. The van der Waals surface area contributed by atoms with Crippen LogP contribution in [-0.2, 0) is 11.3 Å². The number of amides is 1. The van der Waals surface area contributed by atoms with Crippen molar-refractivity contribution in [1.82, 2.24) is 20.2 Å². The molecule has 1 atom stereocenters. The third kappa shape index (κ3) is 6.39. The highest BCUT2D eigenvalue weighted by atomic mass is 35.5. The number of halogens is 2. The second-order valence-corrected chi connectivity index (χ2v) is 10.0. The molecule has 0 saturated carbocycles. The zero-order valence-corrected chi connectivity index (χ0v) is 22.8. The quantitative estimate of drug-likeness (QED) is 0.130. The number of anilines is 1. The summed E-state index contributed by atoms with van der Waals surface area (Å²) in [5.74, 6) is 0.194. The van der Waals surface area contributed by atoms with Crippen LogP contribution in [0, 0.1) is 0 Å². The van der Waals surface area contributed by atoms with E-state index < -0.39 is 5.25 Å². The number of phenolic OH excluding ortho intramolecular Hbond substituents is 1. The van der Waals surface area contributed by atoms with Gasteiger partial charge in [0.25, 0.3) is 5.91 Å². The number of carbonyl (C=O) groups excluding carboxylic acids is 1. The SMILES string of the molecule is COc1cc(Cl)c(Cl)c(/C=N\NC(=O)[C@H](C)Sc2nnc(CNc3ccccc3)n2-c2ccccc2)c1O. The van der Waals surface area contributed by atoms with Crippen LogP contribution < -0.4 is 15.5 Å². The van der Waals surface area contributed by atoms with Crippen molar-refractivity contribution in [3.8, 4) is 17.2 Å². The molecule has 0 spiro atoms. The number of methoxy groups -OCH3 is 1. The fourth-order valence-electron chi connectivity index (χ4n) is 3.41. The molecule has 3 aromatic carbocycles. The molecule has 0 aliphatic carbocycles. The molecule has 4 rings (SSSR count). The Hall–Kier alpha value is -3.73. The lowest BCUT2D eigenvalue weighted by atomic mass is 10.2. The number of aromatic hydroxyl groups is 1. The molecule has 3 N–H and O–H groups in total. The molecule has 0 aliphatic heterocycles. The standard InChI is InChI=1S/C26H24Cl2N6O3S/c1-16(25(36)32-30-14-19-23(28)20(27)13-21(37-2)24(19)35)38-26-33-31-22(15-29-17-9-5-3-6-10-17)34(26)18-11-7-4-8-12-18/h3-14,16,29,35H,15H2,1-2H3,(H,32,36)/b30-14-/t16-/m0/s1. The Morgan fingerprint density at radius 1 is 1.16 bits per heavy atom. The molecule has 0 unspecified atom stereocenters. The highest BCUT2D eigenvalue weighted by Gasteiger charge is 2.21. The van der Waals surface area contributed by atoms with Gasteiger partial charge in [0, 0.05) is 17.4 Å². The van der Waals surface area contributed by atoms with E-state index in [2.05, 4.69) is 26.0 Å². The number of phenols is 1. The van der Waals surface area contributed by atoms with E-state index in [4.69, 9.17) is 27.9 Å². The highest BCUT2D eigenvalue weighted by Crippen LogP contribution is 2.39. The number of para-hydroxylation sites is 2. The molecule has 12 heteroatoms. The van der Waals surface area contributed by atoms with Crippen molar-refractivity contribution < 1.29 is 14.6 Å². The van der Waals surface area contributed by atoms with Crippen LogP contribution in [0.3, 0.4) is 0 Å². The van der Waals surface area contributed by atoms with Gasteiger partial charge in [-0.1, -0.05) is 71.4 Å². The second-order valence-electron chi connectivity index (χ2n) is 7.92. The molecule has 0 fully saturated rings. The zero-order valence-electron chi connectivity index (χ0n) is 20.4. The molecule has 38 heavy (non-hydrogen) atoms. The van der Waals surface area contributed by atoms with Gasteiger partial charge in [-0.15, -0.1) is 10.2 Å². The summed E-state index contributed by atoms with van der Waals surface area (Å²) in [6.45, 7) is 2.17. The average Bonchev–Trinajstić information content (AvgIpc) is 3.34. The Bertz CT molecular complexity index is 1430. The minimum atomic E-state index is -0.577. The van der Waals surface area contributed by atoms with E-state index in [1.807, 2.05) is 65.2 Å². The number of nitrogens with one attached hydrogen (secondary N) is 2. The van der Waals surface area contributed by atoms with Gasteiger partial charge in [-0.2, -0.15) is 5.10 Å². The molecule has 1 aromatic heterocycles. The van der Waals surface area contributed by atoms with E-state index in [1.165, 1.54) is 31.2 Å². The number of aromatic nitrogens is 3. The number of thioether (sulfide) groups is 1. The molecule has 1 amide bonds. The van der Waals surface area contributed by atoms with Gasteiger partial charge in [-0.3, -0.25) is 9.36 Å². The van der Waals surface area contributed by atoms with Crippen molar-refractivity contribution in [3.63, 3.8) is 0 Å². The number of benzene rings is 3. The van der Waals surface area contributed by atoms with Crippen LogP contribution in [0.2, 0.25) is 10.0 Å². The van der Waals surface area contributed by atoms with E-state index >= 15 is 0 Å². The Morgan fingerprint density at radius 2 is 1.84 bits per heavy atom. The smallest absolute Gasteiger partial charge is 0.253 e. The van der Waals surface area contributed by atoms with Gasteiger partial charge in [0.05, 0.1) is 40.7 Å². The predicted octanol–water partition coefficient (Wildman–Crippen LogP) is 5.53. The number of nitrogens with zero attached hydrogens (tertiary/aromatic N) is 4. The lowest BCUT2D eigenvalue weighted by Gasteiger charge is -2.13. The Kier molecular flexibility index (Phi) is 9.11. The first-order valence-electron chi connectivity index (χ1n) is 11.4. The van der Waals surface area contributed by atoms with Crippen molar-refractivity contribution in [3.05, 3.63) is 88.2 Å². The molecular weight excluding hydrogens is 547 g/mol. The lowest BCUT2D eigenvalue weighted by molar-refractivity contribution is -0.120. The average molecular weight is 571 g/mol. The molecule has 196 valence electrons. The maximum absolute atomic E-state index is 12.8. The molecule has 0 radical (unpaired) electrons. The number of hydrogen-bond donors (Lipinski definition) is 3. The molecular formula is C26H24Cl2N6O3S. The van der Waals surface area contributed by atoms with Crippen LogP contribution in [0.25, 0.3) is 5.69 Å². The van der Waals surface area contributed by atoms with Gasteiger partial charge in [0.2, 0.25) is 0 Å². The summed E-state index contributed by atoms with van der Waals surface area (Å²) < 4.78 is 6.99. The van der Waals surface area contributed by atoms with Crippen LogP contribution in [0.4, 0.5) is 5.69 Å². The van der Waals surface area contributed by atoms with Crippen molar-refractivity contribution in [2.45, 2.75) is 23.9 Å². The lowest BCUT2D eigenvalue weighted by Crippen LogP contribution is -2.27. The largest absolute Gasteiger partial charge is 0.504 e. The number of hydrogen-bond acceptors (Lipinski definition) is 8. The second kappa shape index (κ2) is 12.7. The first kappa shape index (κ1) is 27.3. The Balaban J connectivity index is 1.49. The van der Waals surface area contributed by atoms with E-state index in [0.29, 0.717) is 17.5 Å². The molecule has 0 aliphatic rings. The van der Waals surface area contributed by atoms with E-state index in [9.17, 15) is 9.90 Å². The van der Waals surface area contributed by atoms with E-state index in [1.54, 1.807) is 6.92 Å². The fraction of sp³-hybridized carbons (Fsp3) is 0.154. The Labute approximate surface area is 233 Å². The summed E-state index contributed by atoms with van der Waals surface area (Å²) in [5.41, 5.74) is 4.41. The summed E-state index contributed by atoms with van der Waals surface area (Å²) >= 11 is 13.5. The van der Waals surface area contributed by atoms with Crippen molar-refractivity contribution in [2.24, 2.45) is 5.10 Å². The summed E-state index contributed by atoms with van der Waals surface area (Å²) in [7, 11) is 1.39. The first-order chi connectivity index (χ1) is 18.4. The van der Waals surface area contributed by atoms with Gasteiger partial charge >= 0.3 is 0 Å². The van der Waals surface area contributed by atoms with Crippen molar-refractivity contribution in [1.29, 1.82) is 0 Å². The van der Waals surface area contributed by atoms with Crippen LogP contribution >= 0.6 is 35.0 Å². The molecule has 1 heterocycles. The van der Waals surface area contributed by atoms with Gasteiger partial charge < -0.3 is 15.2 Å². The van der Waals surface area contributed by atoms with Crippen LogP contribution in [-0.4, -0.2) is 44.4 Å². The van der Waals surface area contributed by atoms with Crippen molar-refractivity contribution >= 4 is 52.8 Å². The summed E-state index contributed by atoms with van der Waals surface area (Å²) in [5, 5.41) is 26.6. The summed E-state index contributed by atoms with van der Waals surface area (Å²) in [4.78, 5) is 12.8. The fourth-order valence-corrected chi connectivity index (χ4v) is 4.69. The molecule has 0 saturated heterocycles. The number of ether oxygens (including phenoxy) is 1. The van der Waals surface area contributed by atoms with Gasteiger partial charge in [0.1, 0.15) is 0 Å². The van der Waals surface area contributed by atoms with E-state index in [-0.39, 0.29) is 33.0 Å². The summed E-state index contributed by atoms with van der Waals surface area (Å²) in [6.07, 6.45) is 1.21. The maximum atomic E-state index is 12.8. The normalized spacial score (nSPS) is 11.9. The van der Waals surface area contributed by atoms with Gasteiger partial charge in [-0.25, -0.2) is 5.43 Å². The topological polar surface area (TPSA) is 114 Å². The summed E-state index contributed by atoms with van der Waals surface area (Å²) in [6, 6.07) is 20.9. The minimum absolute atomic E-state index is 0.0815. The predicted molar refractivity (Wildman–Crippen MR) is 151 cm³/mol. The van der Waals surface area contributed by atoms with Gasteiger partial charge in [0.15, 0.2) is 22.5 Å². The molecule has 0 bridgehead atoms.